The molecule has 0 bridgehead atoms. The summed E-state index contributed by atoms with van der Waals surface area (Å²) in [5.74, 6) is 0.870. The van der Waals surface area contributed by atoms with Crippen LogP contribution in [0.15, 0.2) is 41.5 Å². The van der Waals surface area contributed by atoms with E-state index in [2.05, 4.69) is 70.7 Å². The van der Waals surface area contributed by atoms with E-state index in [0.717, 1.165) is 32.7 Å². The quantitative estimate of drug-likeness (QED) is 0.253. The molecule has 0 saturated carbocycles. The number of carbonyl (C=O) groups excluding carboxylic acids is 2. The number of rotatable bonds is 8. The number of piperazine rings is 1. The zero-order valence-electron chi connectivity index (χ0n) is 21.0. The van der Waals surface area contributed by atoms with E-state index in [1.807, 2.05) is 12.1 Å². The number of benzene rings is 1. The molecule has 0 radical (unpaired) electrons. The van der Waals surface area contributed by atoms with Crippen molar-refractivity contribution in [3.05, 3.63) is 42.1 Å². The van der Waals surface area contributed by atoms with E-state index in [1.165, 1.54) is 30.9 Å². The lowest BCUT2D eigenvalue weighted by molar-refractivity contribution is -0.109. The Morgan fingerprint density at radius 3 is 2.35 bits per heavy atom. The van der Waals surface area contributed by atoms with Gasteiger partial charge < -0.3 is 31.5 Å². The molecule has 34 heavy (non-hydrogen) atoms. The number of nitrogens with one attached hydrogen (secondary N) is 3. The minimum atomic E-state index is -0.0102. The average molecular weight is 472 g/mol. The van der Waals surface area contributed by atoms with E-state index in [4.69, 9.17) is 5.73 Å². The Morgan fingerprint density at radius 1 is 1.18 bits per heavy atom. The van der Waals surface area contributed by atoms with Crippen molar-refractivity contribution in [2.45, 2.75) is 32.2 Å². The molecule has 2 aliphatic heterocycles. The summed E-state index contributed by atoms with van der Waals surface area (Å²) in [5.41, 5.74) is 8.07. The largest absolute Gasteiger partial charge is 0.335 e. The number of hydrogen-bond acceptors (Lipinski definition) is 7. The van der Waals surface area contributed by atoms with Gasteiger partial charge in [0.25, 0.3) is 0 Å². The van der Waals surface area contributed by atoms with Gasteiger partial charge in [0.15, 0.2) is 0 Å². The Balaban J connectivity index is 0.000000497. The van der Waals surface area contributed by atoms with Crippen molar-refractivity contribution < 1.29 is 9.59 Å². The molecule has 2 fully saturated rings. The smallest absolute Gasteiger partial charge is 0.212 e. The van der Waals surface area contributed by atoms with Gasteiger partial charge in [-0.1, -0.05) is 32.9 Å². The Kier molecular flexibility index (Phi) is 11.4. The molecular weight excluding hydrogens is 430 g/mol. The third kappa shape index (κ3) is 9.34. The summed E-state index contributed by atoms with van der Waals surface area (Å²) in [6.45, 7) is 14.3. The highest BCUT2D eigenvalue weighted by molar-refractivity contribution is 6.00. The van der Waals surface area contributed by atoms with Crippen molar-refractivity contribution in [1.82, 2.24) is 25.8 Å². The molecular formula is C25H41N7O2. The monoisotopic (exact) mass is 471 g/mol. The number of carbonyl (C=O) groups is 2. The van der Waals surface area contributed by atoms with Crippen LogP contribution in [-0.4, -0.2) is 87.4 Å². The average Bonchev–Trinajstić information content (AvgIpc) is 3.11. The first-order valence-corrected chi connectivity index (χ1v) is 11.9. The molecule has 188 valence electrons. The van der Waals surface area contributed by atoms with Crippen molar-refractivity contribution in [3.8, 4) is 0 Å². The van der Waals surface area contributed by atoms with Crippen molar-refractivity contribution in [2.75, 3.05) is 52.9 Å². The van der Waals surface area contributed by atoms with Crippen molar-refractivity contribution in [2.24, 2.45) is 16.6 Å². The second-order valence-corrected chi connectivity index (χ2v) is 9.70. The van der Waals surface area contributed by atoms with Crippen LogP contribution in [0.5, 0.6) is 0 Å². The minimum Gasteiger partial charge on any atom is -0.335 e. The van der Waals surface area contributed by atoms with Crippen molar-refractivity contribution in [3.63, 3.8) is 0 Å². The van der Waals surface area contributed by atoms with Gasteiger partial charge in [0, 0.05) is 63.5 Å². The predicted molar refractivity (Wildman–Crippen MR) is 138 cm³/mol. The summed E-state index contributed by atoms with van der Waals surface area (Å²) in [6.07, 6.45) is 4.00. The Labute approximate surface area is 203 Å². The lowest BCUT2D eigenvalue weighted by Gasteiger charge is -2.31. The molecule has 9 heteroatoms. The number of amides is 2. The first-order chi connectivity index (χ1) is 16.2. The van der Waals surface area contributed by atoms with Crippen LogP contribution in [0.25, 0.3) is 0 Å². The van der Waals surface area contributed by atoms with Crippen LogP contribution in [0.1, 0.15) is 26.3 Å². The zero-order valence-corrected chi connectivity index (χ0v) is 21.0. The molecule has 5 N–H and O–H groups in total. The number of amidine groups is 1. The van der Waals surface area contributed by atoms with E-state index in [-0.39, 0.29) is 11.5 Å². The Morgan fingerprint density at radius 2 is 1.85 bits per heavy atom. The van der Waals surface area contributed by atoms with Gasteiger partial charge in [-0.3, -0.25) is 9.59 Å². The first-order valence-electron chi connectivity index (χ1n) is 11.9. The van der Waals surface area contributed by atoms with Gasteiger partial charge in [-0.15, -0.1) is 0 Å². The maximum Gasteiger partial charge on any atom is 0.212 e. The third-order valence-corrected chi connectivity index (χ3v) is 6.22. The molecule has 0 aliphatic carbocycles. The summed E-state index contributed by atoms with van der Waals surface area (Å²) >= 11 is 0. The number of hydrogen-bond donors (Lipinski definition) is 4. The number of nitrogens with two attached hydrogens (primary N) is 1. The SMILES string of the molecule is CC1CN(CC(C)(C)c2ccc(N=C(/C=C\NC=O)NC=O)cc2)C[C@H]1N.CN1CCNCC1. The van der Waals surface area contributed by atoms with Gasteiger partial charge in [-0.2, -0.15) is 0 Å². The van der Waals surface area contributed by atoms with Gasteiger partial charge in [-0.05, 0) is 36.7 Å². The van der Waals surface area contributed by atoms with Crippen LogP contribution in [0.3, 0.4) is 0 Å². The lowest BCUT2D eigenvalue weighted by atomic mass is 9.84. The second-order valence-electron chi connectivity index (χ2n) is 9.70. The molecule has 2 aliphatic rings. The minimum absolute atomic E-state index is 0.0102. The maximum absolute atomic E-state index is 10.7. The molecule has 1 unspecified atom stereocenters. The van der Waals surface area contributed by atoms with Crippen molar-refractivity contribution in [1.29, 1.82) is 0 Å². The molecule has 2 saturated heterocycles. The molecule has 2 heterocycles. The second kappa shape index (κ2) is 14.0. The van der Waals surface area contributed by atoms with Crippen LogP contribution < -0.4 is 21.7 Å². The van der Waals surface area contributed by atoms with Crippen LogP contribution in [0, 0.1) is 5.92 Å². The fourth-order valence-corrected chi connectivity index (χ4v) is 4.12. The molecule has 3 rings (SSSR count). The number of aliphatic imine (C=N–C) groups is 1. The highest BCUT2D eigenvalue weighted by Crippen LogP contribution is 2.28. The summed E-state index contributed by atoms with van der Waals surface area (Å²) in [7, 11) is 2.15. The Bertz CT molecular complexity index is 807. The van der Waals surface area contributed by atoms with E-state index in [9.17, 15) is 9.59 Å². The fourth-order valence-electron chi connectivity index (χ4n) is 4.12. The third-order valence-electron chi connectivity index (χ3n) is 6.22. The van der Waals surface area contributed by atoms with Gasteiger partial charge in [0.2, 0.25) is 12.8 Å². The van der Waals surface area contributed by atoms with E-state index in [0.29, 0.717) is 30.3 Å². The zero-order chi connectivity index (χ0) is 25.0. The molecule has 9 nitrogen and oxygen atoms in total. The summed E-state index contributed by atoms with van der Waals surface area (Å²) in [6, 6.07) is 8.21. The molecule has 1 aromatic carbocycles. The van der Waals surface area contributed by atoms with Crippen LogP contribution in [0.4, 0.5) is 5.69 Å². The summed E-state index contributed by atoms with van der Waals surface area (Å²) in [5, 5.41) is 8.15. The van der Waals surface area contributed by atoms with E-state index in [1.54, 1.807) is 0 Å². The summed E-state index contributed by atoms with van der Waals surface area (Å²) < 4.78 is 0. The van der Waals surface area contributed by atoms with Crippen LogP contribution in [0.2, 0.25) is 0 Å². The first kappa shape index (κ1) is 27.7. The molecule has 0 spiro atoms. The molecule has 2 atom stereocenters. The highest BCUT2D eigenvalue weighted by atomic mass is 16.1. The van der Waals surface area contributed by atoms with Gasteiger partial charge >= 0.3 is 0 Å². The van der Waals surface area contributed by atoms with Gasteiger partial charge in [0.1, 0.15) is 5.84 Å². The Hall–Kier alpha value is -2.59. The number of nitrogens with zero attached hydrogens (tertiary/aromatic N) is 3. The maximum atomic E-state index is 10.7. The van der Waals surface area contributed by atoms with Crippen LogP contribution in [-0.2, 0) is 15.0 Å². The standard InChI is InChI=1S/C20H29N5O2.C5H12N2/c1-15-10-25(11-18(15)21)12-20(2,3)16-4-6-17(7-5-16)24-19(23-14-27)8-9-22-13-26;1-7-4-2-6-3-5-7/h4-9,13-15,18H,10-12,21H2,1-3H3,(H,22,26)(H,23,24,27);6H,2-5H2,1H3/b9-8-;/t15?,18-;/m1./s1. The topological polar surface area (TPSA) is 115 Å². The van der Waals surface area contributed by atoms with Gasteiger partial charge in [0.05, 0.1) is 5.69 Å². The molecule has 2 amide bonds. The van der Waals surface area contributed by atoms with E-state index >= 15 is 0 Å². The summed E-state index contributed by atoms with van der Waals surface area (Å²) in [4.78, 5) is 30.1. The molecule has 0 aromatic heterocycles. The van der Waals surface area contributed by atoms with Gasteiger partial charge in [-0.25, -0.2) is 4.99 Å². The molecule has 1 aromatic rings. The van der Waals surface area contributed by atoms with Crippen molar-refractivity contribution >= 4 is 24.3 Å². The fraction of sp³-hybridized carbons (Fsp3) is 0.560. The number of likely N-dealkylation sites (N-methyl/N-ethyl adjacent to an activating group) is 1. The van der Waals surface area contributed by atoms with Crippen LogP contribution >= 0.6 is 0 Å². The lowest BCUT2D eigenvalue weighted by Crippen LogP contribution is -2.40. The number of likely N-dealkylation sites (tertiary alicyclic amines) is 1. The highest BCUT2D eigenvalue weighted by Gasteiger charge is 2.31. The van der Waals surface area contributed by atoms with E-state index < -0.39 is 0 Å². The normalized spacial score (nSPS) is 22.2. The predicted octanol–water partition coefficient (Wildman–Crippen LogP) is 0.800.